The normalized spacial score (nSPS) is 24.6. The highest BCUT2D eigenvalue weighted by atomic mass is 16.6. The van der Waals surface area contributed by atoms with Crippen molar-refractivity contribution in [3.63, 3.8) is 0 Å². The van der Waals surface area contributed by atoms with E-state index in [1.54, 1.807) is 0 Å². The Morgan fingerprint density at radius 1 is 1.48 bits per heavy atom. The maximum atomic E-state index is 11.8. The number of hydrogen-bond donors (Lipinski definition) is 1. The number of carboxylic acids is 1. The van der Waals surface area contributed by atoms with Crippen molar-refractivity contribution in [3.05, 3.63) is 10.4 Å². The fourth-order valence-electron chi connectivity index (χ4n) is 2.67. The molecule has 0 spiro atoms. The number of azide groups is 1. The highest BCUT2D eigenvalue weighted by Gasteiger charge is 2.41. The fourth-order valence-corrected chi connectivity index (χ4v) is 2.67. The van der Waals surface area contributed by atoms with Crippen LogP contribution < -0.4 is 0 Å². The van der Waals surface area contributed by atoms with E-state index in [4.69, 9.17) is 10.3 Å². The summed E-state index contributed by atoms with van der Waals surface area (Å²) in [6.45, 7) is 7.49. The Hall–Kier alpha value is -1.75. The average Bonchev–Trinajstić information content (AvgIpc) is 2.75. The van der Waals surface area contributed by atoms with Gasteiger partial charge in [-0.05, 0) is 30.2 Å². The van der Waals surface area contributed by atoms with E-state index in [9.17, 15) is 14.7 Å². The van der Waals surface area contributed by atoms with E-state index < -0.39 is 24.0 Å². The molecule has 7 nitrogen and oxygen atoms in total. The third-order valence-electron chi connectivity index (χ3n) is 4.11. The number of carboxylic acid groups (broad SMARTS) is 1. The summed E-state index contributed by atoms with van der Waals surface area (Å²) in [6, 6.07) is -0.633. The molecule has 118 valence electrons. The van der Waals surface area contributed by atoms with E-state index >= 15 is 0 Å². The molecule has 0 bridgehead atoms. The van der Waals surface area contributed by atoms with Crippen LogP contribution in [0.2, 0.25) is 0 Å². The van der Waals surface area contributed by atoms with Crippen molar-refractivity contribution in [3.8, 4) is 0 Å². The Morgan fingerprint density at radius 2 is 2.10 bits per heavy atom. The van der Waals surface area contributed by atoms with Crippen LogP contribution in [0.4, 0.5) is 0 Å². The van der Waals surface area contributed by atoms with Crippen LogP contribution in [0.5, 0.6) is 0 Å². The second-order valence-corrected chi connectivity index (χ2v) is 6.26. The van der Waals surface area contributed by atoms with Crippen molar-refractivity contribution in [1.82, 2.24) is 0 Å². The second-order valence-electron chi connectivity index (χ2n) is 6.26. The first kappa shape index (κ1) is 17.3. The number of esters is 1. The maximum Gasteiger partial charge on any atom is 0.309 e. The first-order valence-corrected chi connectivity index (χ1v) is 7.25. The second kappa shape index (κ2) is 7.31. The van der Waals surface area contributed by atoms with Gasteiger partial charge in [0.05, 0.1) is 17.9 Å². The van der Waals surface area contributed by atoms with Crippen LogP contribution in [-0.4, -0.2) is 29.2 Å². The quantitative estimate of drug-likeness (QED) is 0.337. The number of ether oxygens (including phenoxy) is 1. The highest BCUT2D eigenvalue weighted by Crippen LogP contribution is 2.33. The standard InChI is InChI=1S/C14H23N3O4/c1-7(2)9(13(18)19)5-11(16-17-15)12-6-10(8(3)4)14(20)21-12/h7-12H,5-6H2,1-4H3,(H,18,19)/t9-,10+,11+,12+/m1/s1. The van der Waals surface area contributed by atoms with E-state index in [1.807, 2.05) is 27.7 Å². The van der Waals surface area contributed by atoms with Gasteiger partial charge in [0.25, 0.3) is 0 Å². The van der Waals surface area contributed by atoms with Gasteiger partial charge in [0.2, 0.25) is 0 Å². The molecule has 1 fully saturated rings. The molecule has 4 atom stereocenters. The smallest absolute Gasteiger partial charge is 0.309 e. The fraction of sp³-hybridized carbons (Fsp3) is 0.857. The zero-order valence-electron chi connectivity index (χ0n) is 12.9. The number of nitrogens with zero attached hydrogens (tertiary/aromatic N) is 3. The summed E-state index contributed by atoms with van der Waals surface area (Å²) in [6.07, 6.45) is 0.131. The Labute approximate surface area is 124 Å². The number of carbonyl (C=O) groups excluding carboxylic acids is 1. The van der Waals surface area contributed by atoms with E-state index in [-0.39, 0.29) is 30.1 Å². The zero-order chi connectivity index (χ0) is 16.2. The Balaban J connectivity index is 2.86. The summed E-state index contributed by atoms with van der Waals surface area (Å²) in [5.41, 5.74) is 8.70. The number of aliphatic carboxylic acids is 1. The molecule has 0 aromatic carbocycles. The number of carbonyl (C=O) groups is 2. The van der Waals surface area contributed by atoms with Crippen molar-refractivity contribution < 1.29 is 19.4 Å². The molecule has 1 rings (SSSR count). The summed E-state index contributed by atoms with van der Waals surface area (Å²) in [5.74, 6) is -1.99. The molecule has 1 N–H and O–H groups in total. The van der Waals surface area contributed by atoms with Gasteiger partial charge in [-0.1, -0.05) is 32.8 Å². The summed E-state index contributed by atoms with van der Waals surface area (Å²) in [4.78, 5) is 25.9. The lowest BCUT2D eigenvalue weighted by atomic mass is 9.85. The first-order chi connectivity index (χ1) is 9.77. The third kappa shape index (κ3) is 4.36. The van der Waals surface area contributed by atoms with Gasteiger partial charge in [0, 0.05) is 4.91 Å². The molecular formula is C14H23N3O4. The molecule has 0 aromatic rings. The zero-order valence-corrected chi connectivity index (χ0v) is 12.9. The van der Waals surface area contributed by atoms with Crippen LogP contribution in [0, 0.1) is 23.7 Å². The van der Waals surface area contributed by atoms with Gasteiger partial charge in [0.1, 0.15) is 6.10 Å². The lowest BCUT2D eigenvalue weighted by Gasteiger charge is -2.23. The van der Waals surface area contributed by atoms with Crippen molar-refractivity contribution in [2.24, 2.45) is 28.8 Å². The van der Waals surface area contributed by atoms with Gasteiger partial charge in [-0.2, -0.15) is 0 Å². The lowest BCUT2D eigenvalue weighted by Crippen LogP contribution is -2.31. The van der Waals surface area contributed by atoms with Crippen LogP contribution in [0.25, 0.3) is 10.4 Å². The molecule has 0 aliphatic carbocycles. The third-order valence-corrected chi connectivity index (χ3v) is 4.11. The number of hydrogen-bond acceptors (Lipinski definition) is 4. The molecule has 1 aliphatic rings. The number of cyclic esters (lactones) is 1. The highest BCUT2D eigenvalue weighted by molar-refractivity contribution is 5.75. The molecule has 1 heterocycles. The van der Waals surface area contributed by atoms with Crippen LogP contribution >= 0.6 is 0 Å². The van der Waals surface area contributed by atoms with Crippen molar-refractivity contribution >= 4 is 11.9 Å². The molecular weight excluding hydrogens is 274 g/mol. The Morgan fingerprint density at radius 3 is 2.48 bits per heavy atom. The van der Waals surface area contributed by atoms with E-state index in [0.29, 0.717) is 6.42 Å². The summed E-state index contributed by atoms with van der Waals surface area (Å²) < 4.78 is 5.31. The largest absolute Gasteiger partial charge is 0.481 e. The monoisotopic (exact) mass is 297 g/mol. The van der Waals surface area contributed by atoms with Crippen molar-refractivity contribution in [1.29, 1.82) is 0 Å². The van der Waals surface area contributed by atoms with E-state index in [1.165, 1.54) is 0 Å². The Bertz CT molecular complexity index is 444. The van der Waals surface area contributed by atoms with E-state index in [2.05, 4.69) is 10.0 Å². The van der Waals surface area contributed by atoms with Gasteiger partial charge in [-0.15, -0.1) is 0 Å². The van der Waals surface area contributed by atoms with Gasteiger partial charge in [-0.3, -0.25) is 9.59 Å². The van der Waals surface area contributed by atoms with Crippen LogP contribution in [0.1, 0.15) is 40.5 Å². The van der Waals surface area contributed by atoms with Gasteiger partial charge in [0.15, 0.2) is 0 Å². The number of rotatable bonds is 7. The van der Waals surface area contributed by atoms with Crippen molar-refractivity contribution in [2.45, 2.75) is 52.7 Å². The summed E-state index contributed by atoms with van der Waals surface area (Å²) in [5, 5.41) is 12.9. The predicted molar refractivity (Wildman–Crippen MR) is 76.3 cm³/mol. The average molecular weight is 297 g/mol. The first-order valence-electron chi connectivity index (χ1n) is 7.25. The minimum absolute atomic E-state index is 0.0862. The van der Waals surface area contributed by atoms with Crippen molar-refractivity contribution in [2.75, 3.05) is 0 Å². The summed E-state index contributed by atoms with van der Waals surface area (Å²) in [7, 11) is 0. The summed E-state index contributed by atoms with van der Waals surface area (Å²) >= 11 is 0. The topological polar surface area (TPSA) is 112 Å². The minimum atomic E-state index is -0.923. The molecule has 1 aliphatic heterocycles. The molecule has 0 amide bonds. The molecule has 0 unspecified atom stereocenters. The maximum absolute atomic E-state index is 11.8. The molecule has 7 heteroatoms. The van der Waals surface area contributed by atoms with E-state index in [0.717, 1.165) is 0 Å². The molecule has 0 aromatic heterocycles. The molecule has 0 saturated carbocycles. The minimum Gasteiger partial charge on any atom is -0.481 e. The molecule has 0 radical (unpaired) electrons. The van der Waals surface area contributed by atoms with Gasteiger partial charge >= 0.3 is 11.9 Å². The van der Waals surface area contributed by atoms with Gasteiger partial charge < -0.3 is 9.84 Å². The van der Waals surface area contributed by atoms with Gasteiger partial charge in [-0.25, -0.2) is 0 Å². The SMILES string of the molecule is CC(C)[C@@H]1C[C@@H]([C@H](C[C@@H](C(=O)O)C(C)C)N=[N+]=[N-])OC1=O. The van der Waals surface area contributed by atoms with Crippen LogP contribution in [0.3, 0.4) is 0 Å². The van der Waals surface area contributed by atoms with Crippen LogP contribution in [0.15, 0.2) is 5.11 Å². The predicted octanol–water partition coefficient (Wildman–Crippen LogP) is 3.00. The van der Waals surface area contributed by atoms with Crippen LogP contribution in [-0.2, 0) is 14.3 Å². The lowest BCUT2D eigenvalue weighted by molar-refractivity contribution is -0.146. The molecule has 21 heavy (non-hydrogen) atoms. The molecule has 1 saturated heterocycles. The Kier molecular flexibility index (Phi) is 6.03.